The van der Waals surface area contributed by atoms with E-state index in [9.17, 15) is 0 Å². The lowest BCUT2D eigenvalue weighted by atomic mass is 9.85. The van der Waals surface area contributed by atoms with Gasteiger partial charge in [0.1, 0.15) is 5.82 Å². The van der Waals surface area contributed by atoms with Gasteiger partial charge in [0.05, 0.1) is 17.6 Å². The van der Waals surface area contributed by atoms with E-state index in [2.05, 4.69) is 58.9 Å². The highest BCUT2D eigenvalue weighted by Gasteiger charge is 2.23. The molecule has 1 fully saturated rings. The predicted octanol–water partition coefficient (Wildman–Crippen LogP) is 5.02. The molecular formula is C25H28N6. The van der Waals surface area contributed by atoms with Gasteiger partial charge < -0.3 is 16.8 Å². The van der Waals surface area contributed by atoms with Gasteiger partial charge in [0.25, 0.3) is 0 Å². The number of hydrogen-bond donors (Lipinski definition) is 3. The molecule has 4 aromatic rings. The fourth-order valence-corrected chi connectivity index (χ4v) is 4.40. The van der Waals surface area contributed by atoms with Crippen molar-refractivity contribution in [2.45, 2.75) is 44.6 Å². The van der Waals surface area contributed by atoms with Crippen molar-refractivity contribution < 1.29 is 0 Å². The van der Waals surface area contributed by atoms with Crippen molar-refractivity contribution >= 4 is 22.8 Å². The van der Waals surface area contributed by atoms with Crippen LogP contribution in [0, 0.1) is 6.92 Å². The predicted molar refractivity (Wildman–Crippen MR) is 126 cm³/mol. The van der Waals surface area contributed by atoms with E-state index < -0.39 is 0 Å². The van der Waals surface area contributed by atoms with Crippen molar-refractivity contribution in [1.82, 2.24) is 14.6 Å². The molecule has 1 saturated carbocycles. The Hall–Kier alpha value is -3.38. The van der Waals surface area contributed by atoms with Crippen LogP contribution in [-0.4, -0.2) is 20.6 Å². The molecule has 1 aliphatic rings. The van der Waals surface area contributed by atoms with E-state index in [-0.39, 0.29) is 0 Å². The van der Waals surface area contributed by atoms with E-state index in [0.717, 1.165) is 54.0 Å². The number of hydrogen-bond acceptors (Lipinski definition) is 5. The van der Waals surface area contributed by atoms with Crippen molar-refractivity contribution in [3.8, 4) is 11.1 Å². The van der Waals surface area contributed by atoms with E-state index in [0.29, 0.717) is 17.8 Å². The number of nitrogens with zero attached hydrogens (tertiary/aromatic N) is 3. The quantitative estimate of drug-likeness (QED) is 0.438. The number of anilines is 3. The molecule has 0 atom stereocenters. The minimum atomic E-state index is 0.320. The number of imidazole rings is 1. The molecule has 2 heterocycles. The second-order valence-corrected chi connectivity index (χ2v) is 8.50. The molecule has 2 aromatic carbocycles. The normalized spacial score (nSPS) is 18.9. The third kappa shape index (κ3) is 3.86. The average molecular weight is 413 g/mol. The van der Waals surface area contributed by atoms with Crippen LogP contribution in [-0.2, 0) is 0 Å². The molecule has 0 aliphatic heterocycles. The largest absolute Gasteiger partial charge is 0.382 e. The molecule has 1 aliphatic carbocycles. The monoisotopic (exact) mass is 412 g/mol. The van der Waals surface area contributed by atoms with Crippen LogP contribution in [0.5, 0.6) is 0 Å². The minimum Gasteiger partial charge on any atom is -0.382 e. The van der Waals surface area contributed by atoms with Gasteiger partial charge in [0.15, 0.2) is 5.65 Å². The first-order valence-electron chi connectivity index (χ1n) is 10.9. The van der Waals surface area contributed by atoms with Crippen LogP contribution in [0.3, 0.4) is 0 Å². The molecule has 158 valence electrons. The van der Waals surface area contributed by atoms with Gasteiger partial charge in [-0.1, -0.05) is 42.5 Å². The standard InChI is InChI=1S/C25H28N6/c1-16-23(28-21-13-9-18(10-14-21)17-5-3-2-4-6-17)25-29-22(15-31(25)30-24(16)27)19-7-11-20(26)12-8-19/h2-6,9-10,13-15,19-20,28H,7-8,11-12,26H2,1H3,(H2,27,30). The molecule has 0 saturated heterocycles. The van der Waals surface area contributed by atoms with Crippen LogP contribution in [0.2, 0.25) is 0 Å². The van der Waals surface area contributed by atoms with Gasteiger partial charge in [-0.2, -0.15) is 0 Å². The summed E-state index contributed by atoms with van der Waals surface area (Å²) in [5.41, 5.74) is 19.4. The lowest BCUT2D eigenvalue weighted by Crippen LogP contribution is -2.25. The molecule has 5 rings (SSSR count). The summed E-state index contributed by atoms with van der Waals surface area (Å²) in [6.07, 6.45) is 6.26. The number of fused-ring (bicyclic) bond motifs is 1. The molecule has 0 unspecified atom stereocenters. The number of rotatable bonds is 4. The topological polar surface area (TPSA) is 94.3 Å². The van der Waals surface area contributed by atoms with Gasteiger partial charge in [-0.15, -0.1) is 5.10 Å². The van der Waals surface area contributed by atoms with Crippen LogP contribution in [0.1, 0.15) is 42.9 Å². The first-order chi connectivity index (χ1) is 15.1. The molecule has 31 heavy (non-hydrogen) atoms. The number of benzene rings is 2. The van der Waals surface area contributed by atoms with Gasteiger partial charge >= 0.3 is 0 Å². The Morgan fingerprint density at radius 3 is 2.32 bits per heavy atom. The Labute approximate surface area is 182 Å². The zero-order valence-corrected chi connectivity index (χ0v) is 17.8. The summed E-state index contributed by atoms with van der Waals surface area (Å²) in [5, 5.41) is 8.06. The SMILES string of the molecule is Cc1c(N)nn2cc(C3CCC(N)CC3)nc2c1Nc1ccc(-c2ccccc2)cc1. The molecule has 5 N–H and O–H groups in total. The van der Waals surface area contributed by atoms with Crippen LogP contribution >= 0.6 is 0 Å². The highest BCUT2D eigenvalue weighted by atomic mass is 15.3. The van der Waals surface area contributed by atoms with Crippen molar-refractivity contribution in [3.05, 3.63) is 72.1 Å². The van der Waals surface area contributed by atoms with Crippen LogP contribution < -0.4 is 16.8 Å². The van der Waals surface area contributed by atoms with Crippen molar-refractivity contribution in [3.63, 3.8) is 0 Å². The molecule has 0 radical (unpaired) electrons. The fourth-order valence-electron chi connectivity index (χ4n) is 4.40. The van der Waals surface area contributed by atoms with E-state index in [1.165, 1.54) is 11.1 Å². The van der Waals surface area contributed by atoms with Crippen molar-refractivity contribution in [2.24, 2.45) is 5.73 Å². The Morgan fingerprint density at radius 1 is 0.935 bits per heavy atom. The molecule has 0 amide bonds. The molecule has 6 heteroatoms. The molecule has 0 spiro atoms. The second kappa shape index (κ2) is 8.04. The van der Waals surface area contributed by atoms with E-state index in [1.54, 1.807) is 0 Å². The summed E-state index contributed by atoms with van der Waals surface area (Å²) in [4.78, 5) is 4.97. The highest BCUT2D eigenvalue weighted by Crippen LogP contribution is 2.34. The Kier molecular flexibility index (Phi) is 5.08. The van der Waals surface area contributed by atoms with Gasteiger partial charge in [-0.3, -0.25) is 0 Å². The first-order valence-corrected chi connectivity index (χ1v) is 10.9. The number of nitrogens with one attached hydrogen (secondary N) is 1. The molecule has 6 nitrogen and oxygen atoms in total. The number of aromatic nitrogens is 3. The third-order valence-corrected chi connectivity index (χ3v) is 6.36. The van der Waals surface area contributed by atoms with E-state index in [1.807, 2.05) is 23.7 Å². The summed E-state index contributed by atoms with van der Waals surface area (Å²) in [7, 11) is 0. The van der Waals surface area contributed by atoms with Gasteiger partial charge in [-0.25, -0.2) is 9.50 Å². The summed E-state index contributed by atoms with van der Waals surface area (Å²) < 4.78 is 1.81. The Bertz CT molecular complexity index is 1190. The average Bonchev–Trinajstić information content (AvgIpc) is 3.22. The lowest BCUT2D eigenvalue weighted by molar-refractivity contribution is 0.391. The summed E-state index contributed by atoms with van der Waals surface area (Å²) >= 11 is 0. The fraction of sp³-hybridized carbons (Fsp3) is 0.280. The Morgan fingerprint density at radius 2 is 1.61 bits per heavy atom. The summed E-state index contributed by atoms with van der Waals surface area (Å²) in [6, 6.07) is 19.1. The molecule has 0 bridgehead atoms. The number of nitrogen functional groups attached to an aromatic ring is 1. The Balaban J connectivity index is 1.46. The van der Waals surface area contributed by atoms with Gasteiger partial charge in [-0.05, 0) is 55.9 Å². The highest BCUT2D eigenvalue weighted by molar-refractivity contribution is 5.80. The smallest absolute Gasteiger partial charge is 0.177 e. The summed E-state index contributed by atoms with van der Waals surface area (Å²) in [6.45, 7) is 1.98. The first kappa shape index (κ1) is 19.6. The molecule has 2 aromatic heterocycles. The van der Waals surface area contributed by atoms with E-state index >= 15 is 0 Å². The van der Waals surface area contributed by atoms with Gasteiger partial charge in [0, 0.05) is 23.2 Å². The second-order valence-electron chi connectivity index (χ2n) is 8.50. The molecular weight excluding hydrogens is 384 g/mol. The van der Waals surface area contributed by atoms with Crippen LogP contribution in [0.4, 0.5) is 17.2 Å². The minimum absolute atomic E-state index is 0.320. The zero-order chi connectivity index (χ0) is 21.4. The lowest BCUT2D eigenvalue weighted by Gasteiger charge is -2.24. The summed E-state index contributed by atoms with van der Waals surface area (Å²) in [5.74, 6) is 0.937. The van der Waals surface area contributed by atoms with Crippen LogP contribution in [0.15, 0.2) is 60.8 Å². The van der Waals surface area contributed by atoms with Crippen LogP contribution in [0.25, 0.3) is 16.8 Å². The zero-order valence-electron chi connectivity index (χ0n) is 17.8. The van der Waals surface area contributed by atoms with E-state index in [4.69, 9.17) is 16.5 Å². The van der Waals surface area contributed by atoms with Crippen molar-refractivity contribution in [2.75, 3.05) is 11.1 Å². The maximum Gasteiger partial charge on any atom is 0.177 e. The third-order valence-electron chi connectivity index (χ3n) is 6.36. The number of nitrogens with two attached hydrogens (primary N) is 2. The maximum atomic E-state index is 6.23. The maximum absolute atomic E-state index is 6.23. The van der Waals surface area contributed by atoms with Gasteiger partial charge in [0.2, 0.25) is 0 Å². The van der Waals surface area contributed by atoms with Crippen molar-refractivity contribution in [1.29, 1.82) is 0 Å².